The number of aromatic nitrogens is 2. The molecule has 5 heteroatoms. The van der Waals surface area contributed by atoms with E-state index in [0.29, 0.717) is 12.6 Å². The maximum atomic E-state index is 6.08. The van der Waals surface area contributed by atoms with Gasteiger partial charge in [-0.1, -0.05) is 28.1 Å². The van der Waals surface area contributed by atoms with Crippen LogP contribution in [-0.2, 0) is 0 Å². The van der Waals surface area contributed by atoms with Gasteiger partial charge in [-0.15, -0.1) is 0 Å². The zero-order valence-electron chi connectivity index (χ0n) is 11.0. The standard InChI is InChI=1S/C15H14BrN3O/c1-2-20-14-6-4-3-5-12(14)19-13-9-10(16)7-8-11(13)18-15(19)17/h3-9H,2H2,1H3,(H2,17,18). The van der Waals surface area contributed by atoms with Crippen LogP contribution in [0.15, 0.2) is 46.9 Å². The van der Waals surface area contributed by atoms with Crippen molar-refractivity contribution in [1.29, 1.82) is 0 Å². The van der Waals surface area contributed by atoms with E-state index in [0.717, 1.165) is 26.9 Å². The molecule has 0 saturated carbocycles. The van der Waals surface area contributed by atoms with Gasteiger partial charge in [0.2, 0.25) is 5.95 Å². The molecule has 1 aromatic heterocycles. The highest BCUT2D eigenvalue weighted by molar-refractivity contribution is 9.10. The molecular weight excluding hydrogens is 318 g/mol. The molecule has 0 aliphatic carbocycles. The number of para-hydroxylation sites is 2. The quantitative estimate of drug-likeness (QED) is 0.794. The average Bonchev–Trinajstić information content (AvgIpc) is 2.75. The second-order valence-electron chi connectivity index (χ2n) is 4.34. The number of nitrogens with zero attached hydrogens (tertiary/aromatic N) is 2. The van der Waals surface area contributed by atoms with Gasteiger partial charge < -0.3 is 10.5 Å². The minimum absolute atomic E-state index is 0.449. The van der Waals surface area contributed by atoms with Gasteiger partial charge in [0.1, 0.15) is 5.75 Å². The second kappa shape index (κ2) is 5.17. The van der Waals surface area contributed by atoms with Gasteiger partial charge in [-0.25, -0.2) is 4.98 Å². The Labute approximate surface area is 125 Å². The largest absolute Gasteiger partial charge is 0.492 e. The number of imidazole rings is 1. The number of benzene rings is 2. The summed E-state index contributed by atoms with van der Waals surface area (Å²) in [6.07, 6.45) is 0. The van der Waals surface area contributed by atoms with Crippen LogP contribution >= 0.6 is 15.9 Å². The SMILES string of the molecule is CCOc1ccccc1-n1c(N)nc2ccc(Br)cc21. The van der Waals surface area contributed by atoms with Crippen molar-refractivity contribution in [3.8, 4) is 11.4 Å². The van der Waals surface area contributed by atoms with Gasteiger partial charge in [-0.2, -0.15) is 0 Å². The molecule has 0 unspecified atom stereocenters. The van der Waals surface area contributed by atoms with E-state index in [9.17, 15) is 0 Å². The summed E-state index contributed by atoms with van der Waals surface area (Å²) >= 11 is 3.48. The fourth-order valence-electron chi connectivity index (χ4n) is 2.24. The summed E-state index contributed by atoms with van der Waals surface area (Å²) in [4.78, 5) is 4.40. The van der Waals surface area contributed by atoms with E-state index in [1.807, 2.05) is 54.0 Å². The van der Waals surface area contributed by atoms with Crippen molar-refractivity contribution in [2.24, 2.45) is 0 Å². The Balaban J connectivity index is 2.29. The molecule has 1 heterocycles. The first-order chi connectivity index (χ1) is 9.70. The van der Waals surface area contributed by atoms with Gasteiger partial charge in [0.05, 0.1) is 23.3 Å². The maximum Gasteiger partial charge on any atom is 0.206 e. The Morgan fingerprint density at radius 2 is 2.05 bits per heavy atom. The van der Waals surface area contributed by atoms with E-state index in [1.54, 1.807) is 0 Å². The minimum atomic E-state index is 0.449. The van der Waals surface area contributed by atoms with Crippen LogP contribution in [0, 0.1) is 0 Å². The van der Waals surface area contributed by atoms with Crippen molar-refractivity contribution in [3.05, 3.63) is 46.9 Å². The van der Waals surface area contributed by atoms with E-state index < -0.39 is 0 Å². The number of nitrogen functional groups attached to an aromatic ring is 1. The Morgan fingerprint density at radius 3 is 2.85 bits per heavy atom. The van der Waals surface area contributed by atoms with Gasteiger partial charge in [0.25, 0.3) is 0 Å². The number of anilines is 1. The number of rotatable bonds is 3. The molecule has 0 bridgehead atoms. The van der Waals surface area contributed by atoms with Crippen LogP contribution in [0.4, 0.5) is 5.95 Å². The molecule has 0 amide bonds. The van der Waals surface area contributed by atoms with Gasteiger partial charge >= 0.3 is 0 Å². The van der Waals surface area contributed by atoms with E-state index in [4.69, 9.17) is 10.5 Å². The fraction of sp³-hybridized carbons (Fsp3) is 0.133. The van der Waals surface area contributed by atoms with Gasteiger partial charge in [0, 0.05) is 4.47 Å². The molecule has 20 heavy (non-hydrogen) atoms. The van der Waals surface area contributed by atoms with E-state index in [2.05, 4.69) is 20.9 Å². The molecule has 0 saturated heterocycles. The molecule has 4 nitrogen and oxygen atoms in total. The number of ether oxygens (including phenoxy) is 1. The van der Waals surface area contributed by atoms with Gasteiger partial charge in [-0.05, 0) is 37.3 Å². The molecular formula is C15H14BrN3O. The van der Waals surface area contributed by atoms with Crippen molar-refractivity contribution in [2.75, 3.05) is 12.3 Å². The molecule has 2 aromatic carbocycles. The third-order valence-corrected chi connectivity index (χ3v) is 3.54. The van der Waals surface area contributed by atoms with Crippen LogP contribution in [0.25, 0.3) is 16.7 Å². The second-order valence-corrected chi connectivity index (χ2v) is 5.25. The van der Waals surface area contributed by atoms with Crippen molar-refractivity contribution >= 4 is 32.9 Å². The van der Waals surface area contributed by atoms with Crippen LogP contribution in [0.5, 0.6) is 5.75 Å². The summed E-state index contributed by atoms with van der Waals surface area (Å²) in [6, 6.07) is 13.7. The molecule has 0 aliphatic heterocycles. The van der Waals surface area contributed by atoms with Crippen LogP contribution in [0.1, 0.15) is 6.92 Å². The number of nitrogens with two attached hydrogens (primary N) is 1. The molecule has 0 radical (unpaired) electrons. The highest BCUT2D eigenvalue weighted by Crippen LogP contribution is 2.30. The van der Waals surface area contributed by atoms with Gasteiger partial charge in [0.15, 0.2) is 0 Å². The third-order valence-electron chi connectivity index (χ3n) is 3.05. The number of hydrogen-bond acceptors (Lipinski definition) is 3. The maximum absolute atomic E-state index is 6.08. The average molecular weight is 332 g/mol. The highest BCUT2D eigenvalue weighted by Gasteiger charge is 2.13. The lowest BCUT2D eigenvalue weighted by Gasteiger charge is -2.12. The first-order valence-corrected chi connectivity index (χ1v) is 7.15. The van der Waals surface area contributed by atoms with Crippen LogP contribution < -0.4 is 10.5 Å². The summed E-state index contributed by atoms with van der Waals surface area (Å²) in [5.41, 5.74) is 8.78. The first kappa shape index (κ1) is 13.0. The van der Waals surface area contributed by atoms with E-state index in [-0.39, 0.29) is 0 Å². The number of fused-ring (bicyclic) bond motifs is 1. The Morgan fingerprint density at radius 1 is 1.25 bits per heavy atom. The normalized spacial score (nSPS) is 10.9. The lowest BCUT2D eigenvalue weighted by Crippen LogP contribution is -2.04. The topological polar surface area (TPSA) is 53.1 Å². The fourth-order valence-corrected chi connectivity index (χ4v) is 2.59. The van der Waals surface area contributed by atoms with Crippen LogP contribution in [0.2, 0.25) is 0 Å². The first-order valence-electron chi connectivity index (χ1n) is 6.36. The smallest absolute Gasteiger partial charge is 0.206 e. The third kappa shape index (κ3) is 2.14. The Hall–Kier alpha value is -2.01. The molecule has 102 valence electrons. The summed E-state index contributed by atoms with van der Waals surface area (Å²) in [5, 5.41) is 0. The van der Waals surface area contributed by atoms with E-state index >= 15 is 0 Å². The van der Waals surface area contributed by atoms with Crippen molar-refractivity contribution in [2.45, 2.75) is 6.92 Å². The zero-order chi connectivity index (χ0) is 14.1. The number of hydrogen-bond donors (Lipinski definition) is 1. The van der Waals surface area contributed by atoms with Crippen molar-refractivity contribution < 1.29 is 4.74 Å². The lowest BCUT2D eigenvalue weighted by molar-refractivity contribution is 0.339. The molecule has 0 atom stereocenters. The Kier molecular flexibility index (Phi) is 3.36. The molecule has 0 fully saturated rings. The predicted octanol–water partition coefficient (Wildman–Crippen LogP) is 3.77. The summed E-state index contributed by atoms with van der Waals surface area (Å²) in [5.74, 6) is 1.24. The van der Waals surface area contributed by atoms with Gasteiger partial charge in [-0.3, -0.25) is 4.57 Å². The molecule has 3 rings (SSSR count). The molecule has 3 aromatic rings. The highest BCUT2D eigenvalue weighted by atomic mass is 79.9. The Bertz CT molecular complexity index is 767. The summed E-state index contributed by atoms with van der Waals surface area (Å²) in [7, 11) is 0. The number of halogens is 1. The lowest BCUT2D eigenvalue weighted by atomic mass is 10.2. The van der Waals surface area contributed by atoms with Crippen molar-refractivity contribution in [3.63, 3.8) is 0 Å². The molecule has 0 aliphatic rings. The van der Waals surface area contributed by atoms with E-state index in [1.165, 1.54) is 0 Å². The van der Waals surface area contributed by atoms with Crippen molar-refractivity contribution in [1.82, 2.24) is 9.55 Å². The molecule has 2 N–H and O–H groups in total. The van der Waals surface area contributed by atoms with Crippen LogP contribution in [0.3, 0.4) is 0 Å². The minimum Gasteiger partial charge on any atom is -0.492 e. The van der Waals surface area contributed by atoms with Crippen LogP contribution in [-0.4, -0.2) is 16.2 Å². The summed E-state index contributed by atoms with van der Waals surface area (Å²) < 4.78 is 8.57. The predicted molar refractivity (Wildman–Crippen MR) is 84.4 cm³/mol. The summed E-state index contributed by atoms with van der Waals surface area (Å²) in [6.45, 7) is 2.57. The zero-order valence-corrected chi connectivity index (χ0v) is 12.6. The monoisotopic (exact) mass is 331 g/mol. The molecule has 0 spiro atoms.